The molecule has 116 valence electrons. The van der Waals surface area contributed by atoms with Gasteiger partial charge in [-0.05, 0) is 43.4 Å². The molecule has 4 nitrogen and oxygen atoms in total. The molecule has 0 aliphatic carbocycles. The summed E-state index contributed by atoms with van der Waals surface area (Å²) < 4.78 is 11.0. The van der Waals surface area contributed by atoms with Crippen LogP contribution in [0.5, 0.6) is 5.75 Å². The highest BCUT2D eigenvalue weighted by molar-refractivity contribution is 5.79. The summed E-state index contributed by atoms with van der Waals surface area (Å²) in [6.45, 7) is 5.38. The van der Waals surface area contributed by atoms with Crippen molar-refractivity contribution in [3.8, 4) is 5.75 Å². The summed E-state index contributed by atoms with van der Waals surface area (Å²) in [6.07, 6.45) is 2.83. The van der Waals surface area contributed by atoms with Crippen LogP contribution in [0.1, 0.15) is 37.3 Å². The van der Waals surface area contributed by atoms with E-state index in [2.05, 4.69) is 12.2 Å². The Labute approximate surface area is 126 Å². The third-order valence-electron chi connectivity index (χ3n) is 4.12. The molecular formula is C17H25NO3. The predicted molar refractivity (Wildman–Crippen MR) is 82.3 cm³/mol. The lowest BCUT2D eigenvalue weighted by molar-refractivity contribution is -0.134. The molecule has 0 aromatic heterocycles. The molecule has 1 heterocycles. The van der Waals surface area contributed by atoms with Crippen LogP contribution < -0.4 is 10.1 Å². The van der Waals surface area contributed by atoms with E-state index in [0.29, 0.717) is 6.54 Å². The monoisotopic (exact) mass is 291 g/mol. The van der Waals surface area contributed by atoms with Gasteiger partial charge in [-0.25, -0.2) is 0 Å². The maximum Gasteiger partial charge on any atom is 0.225 e. The van der Waals surface area contributed by atoms with Gasteiger partial charge < -0.3 is 14.8 Å². The standard InChI is InChI=1S/C17H25NO3/c1-4-15-14(6-5-9-21-15)17(19)18-11-13-8-7-12(2)16(10-13)20-3/h7-8,10,14-15H,4-6,9,11H2,1-3H3,(H,18,19)/t14-,15+/m1/s1. The second-order valence-electron chi connectivity index (χ2n) is 5.59. The van der Waals surface area contributed by atoms with E-state index in [1.54, 1.807) is 7.11 Å². The molecule has 0 radical (unpaired) electrons. The number of hydrogen-bond acceptors (Lipinski definition) is 3. The van der Waals surface area contributed by atoms with Crippen molar-refractivity contribution in [2.24, 2.45) is 5.92 Å². The minimum Gasteiger partial charge on any atom is -0.496 e. The number of carbonyl (C=O) groups is 1. The molecule has 2 atom stereocenters. The Morgan fingerprint density at radius 1 is 1.48 bits per heavy atom. The molecule has 0 spiro atoms. The molecule has 0 bridgehead atoms. The van der Waals surface area contributed by atoms with Gasteiger partial charge in [-0.15, -0.1) is 0 Å². The van der Waals surface area contributed by atoms with Crippen LogP contribution >= 0.6 is 0 Å². The largest absolute Gasteiger partial charge is 0.496 e. The van der Waals surface area contributed by atoms with Gasteiger partial charge in [0.25, 0.3) is 0 Å². The van der Waals surface area contributed by atoms with Gasteiger partial charge in [0.1, 0.15) is 5.75 Å². The lowest BCUT2D eigenvalue weighted by Gasteiger charge is -2.30. The van der Waals surface area contributed by atoms with Crippen molar-refractivity contribution < 1.29 is 14.3 Å². The smallest absolute Gasteiger partial charge is 0.225 e. The maximum atomic E-state index is 12.3. The summed E-state index contributed by atoms with van der Waals surface area (Å²) in [5.74, 6) is 0.936. The SMILES string of the molecule is CC[C@@H]1OCCC[C@H]1C(=O)NCc1ccc(C)c(OC)c1. The summed E-state index contributed by atoms with van der Waals surface area (Å²) in [7, 11) is 1.66. The van der Waals surface area contributed by atoms with Crippen molar-refractivity contribution in [2.75, 3.05) is 13.7 Å². The number of hydrogen-bond donors (Lipinski definition) is 1. The molecule has 1 amide bonds. The Morgan fingerprint density at radius 3 is 3.00 bits per heavy atom. The van der Waals surface area contributed by atoms with E-state index < -0.39 is 0 Å². The Hall–Kier alpha value is -1.55. The molecule has 1 fully saturated rings. The topological polar surface area (TPSA) is 47.6 Å². The second kappa shape index (κ2) is 7.46. The molecular weight excluding hydrogens is 266 g/mol. The number of amides is 1. The van der Waals surface area contributed by atoms with E-state index >= 15 is 0 Å². The van der Waals surface area contributed by atoms with Gasteiger partial charge in [-0.1, -0.05) is 19.1 Å². The zero-order valence-corrected chi connectivity index (χ0v) is 13.1. The van der Waals surface area contributed by atoms with Gasteiger partial charge in [0.15, 0.2) is 0 Å². The summed E-state index contributed by atoms with van der Waals surface area (Å²) in [4.78, 5) is 12.3. The van der Waals surface area contributed by atoms with Crippen LogP contribution in [-0.2, 0) is 16.1 Å². The molecule has 1 N–H and O–H groups in total. The molecule has 4 heteroatoms. The van der Waals surface area contributed by atoms with Crippen LogP contribution in [-0.4, -0.2) is 25.7 Å². The van der Waals surface area contributed by atoms with E-state index in [1.807, 2.05) is 25.1 Å². The third kappa shape index (κ3) is 3.97. The number of aryl methyl sites for hydroxylation is 1. The third-order valence-corrected chi connectivity index (χ3v) is 4.12. The zero-order chi connectivity index (χ0) is 15.2. The van der Waals surface area contributed by atoms with Crippen molar-refractivity contribution in [3.05, 3.63) is 29.3 Å². The summed E-state index contributed by atoms with van der Waals surface area (Å²) in [5, 5.41) is 3.03. The lowest BCUT2D eigenvalue weighted by atomic mass is 9.92. The highest BCUT2D eigenvalue weighted by atomic mass is 16.5. The molecule has 1 saturated heterocycles. The Morgan fingerprint density at radius 2 is 2.29 bits per heavy atom. The van der Waals surface area contributed by atoms with Crippen molar-refractivity contribution in [1.82, 2.24) is 5.32 Å². The van der Waals surface area contributed by atoms with Crippen LogP contribution in [0, 0.1) is 12.8 Å². The fraction of sp³-hybridized carbons (Fsp3) is 0.588. The number of benzene rings is 1. The maximum absolute atomic E-state index is 12.3. The Kier molecular flexibility index (Phi) is 5.62. The van der Waals surface area contributed by atoms with Crippen LogP contribution in [0.15, 0.2) is 18.2 Å². The summed E-state index contributed by atoms with van der Waals surface area (Å²) in [5.41, 5.74) is 2.15. The number of ether oxygens (including phenoxy) is 2. The van der Waals surface area contributed by atoms with Crippen LogP contribution in [0.2, 0.25) is 0 Å². The number of rotatable bonds is 5. The molecule has 0 saturated carbocycles. The minimum absolute atomic E-state index is 0.0175. The quantitative estimate of drug-likeness (QED) is 0.907. The second-order valence-corrected chi connectivity index (χ2v) is 5.59. The highest BCUT2D eigenvalue weighted by Crippen LogP contribution is 2.24. The lowest BCUT2D eigenvalue weighted by Crippen LogP contribution is -2.41. The van der Waals surface area contributed by atoms with E-state index in [0.717, 1.165) is 42.7 Å². The molecule has 0 unspecified atom stereocenters. The number of carbonyl (C=O) groups excluding carboxylic acids is 1. The first kappa shape index (κ1) is 15.8. The van der Waals surface area contributed by atoms with E-state index in [1.165, 1.54) is 0 Å². The van der Waals surface area contributed by atoms with Gasteiger partial charge in [0, 0.05) is 13.2 Å². The van der Waals surface area contributed by atoms with Crippen LogP contribution in [0.3, 0.4) is 0 Å². The number of nitrogens with one attached hydrogen (secondary N) is 1. The predicted octanol–water partition coefficient (Wildman–Crippen LogP) is 2.83. The molecule has 2 rings (SSSR count). The van der Waals surface area contributed by atoms with Crippen molar-refractivity contribution in [1.29, 1.82) is 0 Å². The molecule has 1 aliphatic heterocycles. The van der Waals surface area contributed by atoms with Gasteiger partial charge in [0.05, 0.1) is 19.1 Å². The molecule has 21 heavy (non-hydrogen) atoms. The fourth-order valence-corrected chi connectivity index (χ4v) is 2.84. The van der Waals surface area contributed by atoms with Crippen LogP contribution in [0.4, 0.5) is 0 Å². The van der Waals surface area contributed by atoms with Crippen molar-refractivity contribution in [2.45, 2.75) is 45.8 Å². The first-order valence-corrected chi connectivity index (χ1v) is 7.68. The van der Waals surface area contributed by atoms with Gasteiger partial charge >= 0.3 is 0 Å². The van der Waals surface area contributed by atoms with Gasteiger partial charge in [-0.2, -0.15) is 0 Å². The van der Waals surface area contributed by atoms with Crippen molar-refractivity contribution in [3.63, 3.8) is 0 Å². The average molecular weight is 291 g/mol. The first-order chi connectivity index (χ1) is 10.2. The zero-order valence-electron chi connectivity index (χ0n) is 13.1. The fourth-order valence-electron chi connectivity index (χ4n) is 2.84. The molecule has 1 aromatic carbocycles. The van der Waals surface area contributed by atoms with Gasteiger partial charge in [0.2, 0.25) is 5.91 Å². The Balaban J connectivity index is 1.94. The van der Waals surface area contributed by atoms with E-state index in [-0.39, 0.29) is 17.9 Å². The summed E-state index contributed by atoms with van der Waals surface area (Å²) in [6, 6.07) is 6.01. The Bertz CT molecular complexity index is 487. The molecule has 1 aromatic rings. The number of methoxy groups -OCH3 is 1. The normalized spacial score (nSPS) is 21.9. The average Bonchev–Trinajstić information content (AvgIpc) is 2.53. The van der Waals surface area contributed by atoms with E-state index in [9.17, 15) is 4.79 Å². The molecule has 1 aliphatic rings. The van der Waals surface area contributed by atoms with Crippen molar-refractivity contribution >= 4 is 5.91 Å². The van der Waals surface area contributed by atoms with E-state index in [4.69, 9.17) is 9.47 Å². The minimum atomic E-state index is -0.0175. The summed E-state index contributed by atoms with van der Waals surface area (Å²) >= 11 is 0. The highest BCUT2D eigenvalue weighted by Gasteiger charge is 2.30. The van der Waals surface area contributed by atoms with Gasteiger partial charge in [-0.3, -0.25) is 4.79 Å². The first-order valence-electron chi connectivity index (χ1n) is 7.68. The van der Waals surface area contributed by atoms with Crippen LogP contribution in [0.25, 0.3) is 0 Å².